The summed E-state index contributed by atoms with van der Waals surface area (Å²) in [7, 11) is 0. The lowest BCUT2D eigenvalue weighted by Crippen LogP contribution is -2.30. The summed E-state index contributed by atoms with van der Waals surface area (Å²) in [4.78, 5) is 16.7. The van der Waals surface area contributed by atoms with E-state index in [1.165, 1.54) is 0 Å². The van der Waals surface area contributed by atoms with Crippen molar-refractivity contribution in [2.75, 3.05) is 24.7 Å². The van der Waals surface area contributed by atoms with Gasteiger partial charge < -0.3 is 10.6 Å². The van der Waals surface area contributed by atoms with Crippen LogP contribution in [0.4, 0.5) is 5.82 Å². The van der Waals surface area contributed by atoms with E-state index in [1.807, 2.05) is 43.5 Å². The van der Waals surface area contributed by atoms with Crippen molar-refractivity contribution in [2.24, 2.45) is 0 Å². The third-order valence-corrected chi connectivity index (χ3v) is 4.24. The lowest BCUT2D eigenvalue weighted by molar-refractivity contribution is 0.0949. The molecule has 4 nitrogen and oxygen atoms in total. The number of thioether (sulfide) groups is 1. The van der Waals surface area contributed by atoms with Crippen molar-refractivity contribution in [3.63, 3.8) is 0 Å². The standard InChI is InChI=1S/C16H21N3OS/c1-4-17-15-13-8-6-5-7-12(13)9-14(19-15)16(20)18-10-11(2)21-3/h5-9,11H,4,10H2,1-3H3,(H,17,19)(H,18,20). The Balaban J connectivity index is 2.29. The van der Waals surface area contributed by atoms with Gasteiger partial charge in [-0.15, -0.1) is 0 Å². The lowest BCUT2D eigenvalue weighted by Gasteiger charge is -2.12. The first kappa shape index (κ1) is 15.6. The lowest BCUT2D eigenvalue weighted by atomic mass is 10.1. The van der Waals surface area contributed by atoms with Crippen LogP contribution in [0.3, 0.4) is 0 Å². The van der Waals surface area contributed by atoms with Crippen molar-refractivity contribution < 1.29 is 4.79 Å². The maximum absolute atomic E-state index is 12.3. The van der Waals surface area contributed by atoms with Gasteiger partial charge in [0.25, 0.3) is 5.91 Å². The van der Waals surface area contributed by atoms with E-state index in [-0.39, 0.29) is 5.91 Å². The highest BCUT2D eigenvalue weighted by Gasteiger charge is 2.12. The molecule has 21 heavy (non-hydrogen) atoms. The van der Waals surface area contributed by atoms with Crippen LogP contribution in [-0.4, -0.2) is 35.5 Å². The first-order valence-corrected chi connectivity index (χ1v) is 8.39. The Morgan fingerprint density at radius 2 is 2.14 bits per heavy atom. The van der Waals surface area contributed by atoms with Crippen LogP contribution in [0.2, 0.25) is 0 Å². The summed E-state index contributed by atoms with van der Waals surface area (Å²) in [5, 5.41) is 8.61. The van der Waals surface area contributed by atoms with Crippen molar-refractivity contribution in [2.45, 2.75) is 19.1 Å². The molecule has 0 aliphatic heterocycles. The molecule has 1 heterocycles. The molecule has 2 aromatic rings. The van der Waals surface area contributed by atoms with Gasteiger partial charge in [0, 0.05) is 23.7 Å². The molecule has 2 rings (SSSR count). The highest BCUT2D eigenvalue weighted by molar-refractivity contribution is 7.99. The number of hydrogen-bond donors (Lipinski definition) is 2. The molecule has 1 unspecified atom stereocenters. The van der Waals surface area contributed by atoms with Gasteiger partial charge in [-0.05, 0) is 24.6 Å². The summed E-state index contributed by atoms with van der Waals surface area (Å²) in [6.45, 7) is 5.52. The van der Waals surface area contributed by atoms with Crippen LogP contribution in [0, 0.1) is 0 Å². The Bertz CT molecular complexity index is 630. The molecule has 0 fully saturated rings. The van der Waals surface area contributed by atoms with E-state index in [1.54, 1.807) is 11.8 Å². The van der Waals surface area contributed by atoms with Crippen LogP contribution >= 0.6 is 11.8 Å². The third-order valence-electron chi connectivity index (χ3n) is 3.27. The SMILES string of the molecule is CCNc1nc(C(=O)NCC(C)SC)cc2ccccc12. The summed E-state index contributed by atoms with van der Waals surface area (Å²) in [6.07, 6.45) is 2.04. The number of carbonyl (C=O) groups is 1. The molecule has 0 bridgehead atoms. The molecule has 0 spiro atoms. The van der Waals surface area contributed by atoms with Crippen molar-refractivity contribution >= 4 is 34.3 Å². The number of rotatable bonds is 6. The Labute approximate surface area is 129 Å². The summed E-state index contributed by atoms with van der Waals surface area (Å²) in [5.41, 5.74) is 0.456. The summed E-state index contributed by atoms with van der Waals surface area (Å²) < 4.78 is 0. The number of pyridine rings is 1. The van der Waals surface area contributed by atoms with Crippen LogP contribution in [-0.2, 0) is 0 Å². The molecule has 112 valence electrons. The molecular formula is C16H21N3OS. The fraction of sp³-hybridized carbons (Fsp3) is 0.375. The van der Waals surface area contributed by atoms with Crippen LogP contribution in [0.25, 0.3) is 10.8 Å². The van der Waals surface area contributed by atoms with Crippen molar-refractivity contribution in [3.8, 4) is 0 Å². The van der Waals surface area contributed by atoms with Gasteiger partial charge >= 0.3 is 0 Å². The van der Waals surface area contributed by atoms with E-state index in [0.29, 0.717) is 17.5 Å². The van der Waals surface area contributed by atoms with Gasteiger partial charge in [0.05, 0.1) is 0 Å². The Hall–Kier alpha value is -1.75. The largest absolute Gasteiger partial charge is 0.370 e. The maximum atomic E-state index is 12.3. The zero-order valence-electron chi connectivity index (χ0n) is 12.6. The topological polar surface area (TPSA) is 54.0 Å². The number of nitrogens with one attached hydrogen (secondary N) is 2. The van der Waals surface area contributed by atoms with E-state index < -0.39 is 0 Å². The molecule has 0 saturated heterocycles. The van der Waals surface area contributed by atoms with E-state index in [2.05, 4.69) is 22.5 Å². The molecule has 1 aromatic carbocycles. The van der Waals surface area contributed by atoms with Gasteiger partial charge in [0.15, 0.2) is 0 Å². The Kier molecular flexibility index (Phi) is 5.44. The maximum Gasteiger partial charge on any atom is 0.270 e. The van der Waals surface area contributed by atoms with Gasteiger partial charge in [0.2, 0.25) is 0 Å². The molecule has 0 aliphatic rings. The summed E-state index contributed by atoms with van der Waals surface area (Å²) >= 11 is 1.73. The highest BCUT2D eigenvalue weighted by atomic mass is 32.2. The van der Waals surface area contributed by atoms with Crippen molar-refractivity contribution in [1.29, 1.82) is 0 Å². The Morgan fingerprint density at radius 1 is 1.38 bits per heavy atom. The molecule has 1 aromatic heterocycles. The van der Waals surface area contributed by atoms with Crippen LogP contribution in [0.5, 0.6) is 0 Å². The number of hydrogen-bond acceptors (Lipinski definition) is 4. The fourth-order valence-electron chi connectivity index (χ4n) is 2.03. The monoisotopic (exact) mass is 303 g/mol. The van der Waals surface area contributed by atoms with Crippen LogP contribution < -0.4 is 10.6 Å². The van der Waals surface area contributed by atoms with E-state index in [0.717, 1.165) is 23.1 Å². The molecule has 0 saturated carbocycles. The molecule has 2 N–H and O–H groups in total. The first-order valence-electron chi connectivity index (χ1n) is 7.10. The minimum atomic E-state index is -0.124. The molecular weight excluding hydrogens is 282 g/mol. The van der Waals surface area contributed by atoms with E-state index >= 15 is 0 Å². The second kappa shape index (κ2) is 7.31. The van der Waals surface area contributed by atoms with Gasteiger partial charge in [-0.1, -0.05) is 31.2 Å². The van der Waals surface area contributed by atoms with Gasteiger partial charge in [-0.3, -0.25) is 4.79 Å². The average Bonchev–Trinajstić information content (AvgIpc) is 2.52. The van der Waals surface area contributed by atoms with E-state index in [9.17, 15) is 4.79 Å². The first-order chi connectivity index (χ1) is 10.2. The van der Waals surface area contributed by atoms with Crippen LogP contribution in [0.1, 0.15) is 24.3 Å². The number of benzene rings is 1. The van der Waals surface area contributed by atoms with Crippen molar-refractivity contribution in [1.82, 2.24) is 10.3 Å². The number of carbonyl (C=O) groups excluding carboxylic acids is 1. The number of anilines is 1. The summed E-state index contributed by atoms with van der Waals surface area (Å²) in [6, 6.07) is 9.80. The molecule has 5 heteroatoms. The second-order valence-electron chi connectivity index (χ2n) is 4.86. The van der Waals surface area contributed by atoms with Crippen molar-refractivity contribution in [3.05, 3.63) is 36.0 Å². The zero-order chi connectivity index (χ0) is 15.2. The number of nitrogens with zero attached hydrogens (tertiary/aromatic N) is 1. The highest BCUT2D eigenvalue weighted by Crippen LogP contribution is 2.22. The fourth-order valence-corrected chi connectivity index (χ4v) is 2.28. The number of aromatic nitrogens is 1. The molecule has 1 amide bonds. The Morgan fingerprint density at radius 3 is 2.86 bits per heavy atom. The summed E-state index contributed by atoms with van der Waals surface area (Å²) in [5.74, 6) is 0.638. The second-order valence-corrected chi connectivity index (χ2v) is 6.14. The average molecular weight is 303 g/mol. The van der Waals surface area contributed by atoms with Gasteiger partial charge in [-0.2, -0.15) is 11.8 Å². The minimum absolute atomic E-state index is 0.124. The predicted octanol–water partition coefficient (Wildman–Crippen LogP) is 3.15. The number of fused-ring (bicyclic) bond motifs is 1. The minimum Gasteiger partial charge on any atom is -0.370 e. The molecule has 0 aliphatic carbocycles. The normalized spacial score (nSPS) is 12.1. The number of amides is 1. The van der Waals surface area contributed by atoms with E-state index in [4.69, 9.17) is 0 Å². The smallest absolute Gasteiger partial charge is 0.270 e. The van der Waals surface area contributed by atoms with Gasteiger partial charge in [0.1, 0.15) is 11.5 Å². The van der Waals surface area contributed by atoms with Gasteiger partial charge in [-0.25, -0.2) is 4.98 Å². The third kappa shape index (κ3) is 3.88. The predicted molar refractivity (Wildman–Crippen MR) is 91.2 cm³/mol. The molecule has 0 radical (unpaired) electrons. The quantitative estimate of drug-likeness (QED) is 0.861. The zero-order valence-corrected chi connectivity index (χ0v) is 13.5. The van der Waals surface area contributed by atoms with Crippen LogP contribution in [0.15, 0.2) is 30.3 Å². The molecule has 1 atom stereocenters.